The number of carbonyl (C=O) groups excluding carboxylic acids is 1. The fourth-order valence-electron chi connectivity index (χ4n) is 1.53. The minimum atomic E-state index is -0.753. The molecule has 0 atom stereocenters. The molecule has 0 saturated heterocycles. The number of hydrogen-bond acceptors (Lipinski definition) is 5. The molecule has 0 aromatic carbocycles. The molecule has 0 aliphatic heterocycles. The van der Waals surface area contributed by atoms with Crippen LogP contribution >= 0.6 is 0 Å². The molecule has 18 heavy (non-hydrogen) atoms. The van der Waals surface area contributed by atoms with Gasteiger partial charge in [0.2, 0.25) is 0 Å². The van der Waals surface area contributed by atoms with Gasteiger partial charge < -0.3 is 9.40 Å². The molecule has 2 rings (SSSR count). The average molecular weight is 262 g/mol. The van der Waals surface area contributed by atoms with Crippen LogP contribution in [0, 0.1) is 0 Å². The summed E-state index contributed by atoms with van der Waals surface area (Å²) in [7, 11) is 3.05. The molecule has 0 saturated carbocycles. The summed E-state index contributed by atoms with van der Waals surface area (Å²) in [5, 5.41) is 0. The number of hydrogen-bond donors (Lipinski definition) is 0. The molecular formula is C9H11N4NaO4. The van der Waals surface area contributed by atoms with Crippen LogP contribution in [0.5, 0.6) is 0 Å². The van der Waals surface area contributed by atoms with E-state index in [-0.39, 0.29) is 40.7 Å². The Labute approximate surface area is 123 Å². The van der Waals surface area contributed by atoms with Gasteiger partial charge in [-0.1, -0.05) is 4.73 Å². The summed E-state index contributed by atoms with van der Waals surface area (Å²) in [6.07, 6.45) is 1.41. The maximum atomic E-state index is 11.9. The molecule has 0 radical (unpaired) electrons. The van der Waals surface area contributed by atoms with Gasteiger partial charge in [-0.3, -0.25) is 9.36 Å². The molecule has 0 fully saturated rings. The molecule has 0 aliphatic carbocycles. The van der Waals surface area contributed by atoms with Crippen LogP contribution in [0.3, 0.4) is 0 Å². The fraction of sp³-hybridized carbons (Fsp3) is 0.333. The number of aromatic nitrogens is 4. The van der Waals surface area contributed by atoms with E-state index in [2.05, 4.69) is 9.82 Å². The molecule has 9 heteroatoms. The Morgan fingerprint density at radius 1 is 1.33 bits per heavy atom. The number of fused-ring (bicyclic) bond motifs is 1. The number of aryl methyl sites for hydroxylation is 2. The number of rotatable bonds is 1. The standard InChI is InChI=1S/C9H10N4O4.Na.H/c1-5(14)17-13-8(15)6-7(10-4-11(6)2)12(3)9(13)16;;/h4H,1-3H3;;. The first kappa shape index (κ1) is 14.7. The van der Waals surface area contributed by atoms with Gasteiger partial charge >= 0.3 is 46.8 Å². The van der Waals surface area contributed by atoms with Gasteiger partial charge in [0.05, 0.1) is 6.33 Å². The zero-order valence-electron chi connectivity index (χ0n) is 9.50. The molecule has 0 N–H and O–H groups in total. The van der Waals surface area contributed by atoms with Gasteiger partial charge in [0.15, 0.2) is 11.2 Å². The van der Waals surface area contributed by atoms with Crippen molar-refractivity contribution >= 4 is 46.7 Å². The Hall–Kier alpha value is -1.38. The molecule has 2 heterocycles. The molecule has 2 aromatic rings. The van der Waals surface area contributed by atoms with Crippen LogP contribution < -0.4 is 16.1 Å². The second kappa shape index (κ2) is 5.09. The van der Waals surface area contributed by atoms with Crippen LogP contribution in [-0.2, 0) is 18.9 Å². The van der Waals surface area contributed by atoms with Crippen molar-refractivity contribution in [3.05, 3.63) is 27.2 Å². The first-order valence-electron chi connectivity index (χ1n) is 4.75. The van der Waals surface area contributed by atoms with Crippen LogP contribution in [0.15, 0.2) is 15.9 Å². The Kier molecular flexibility index (Phi) is 4.15. The van der Waals surface area contributed by atoms with Crippen molar-refractivity contribution in [3.8, 4) is 0 Å². The Morgan fingerprint density at radius 3 is 2.50 bits per heavy atom. The van der Waals surface area contributed by atoms with Crippen LogP contribution in [0.2, 0.25) is 0 Å². The van der Waals surface area contributed by atoms with Crippen molar-refractivity contribution in [1.29, 1.82) is 0 Å². The van der Waals surface area contributed by atoms with E-state index in [9.17, 15) is 14.4 Å². The van der Waals surface area contributed by atoms with E-state index >= 15 is 0 Å². The molecule has 8 nitrogen and oxygen atoms in total. The van der Waals surface area contributed by atoms with Gasteiger partial charge in [0.1, 0.15) is 0 Å². The van der Waals surface area contributed by atoms with E-state index in [1.54, 1.807) is 7.05 Å². The number of carbonyl (C=O) groups is 1. The second-order valence-electron chi connectivity index (χ2n) is 3.55. The van der Waals surface area contributed by atoms with Crippen molar-refractivity contribution in [3.63, 3.8) is 0 Å². The topological polar surface area (TPSA) is 88.1 Å². The number of nitrogens with zero attached hydrogens (tertiary/aromatic N) is 4. The van der Waals surface area contributed by atoms with Crippen LogP contribution in [-0.4, -0.2) is 54.4 Å². The third-order valence-electron chi connectivity index (χ3n) is 2.30. The summed E-state index contributed by atoms with van der Waals surface area (Å²) >= 11 is 0. The summed E-state index contributed by atoms with van der Waals surface area (Å²) in [4.78, 5) is 43.0. The van der Waals surface area contributed by atoms with Crippen LogP contribution in [0.1, 0.15) is 6.92 Å². The van der Waals surface area contributed by atoms with E-state index in [4.69, 9.17) is 0 Å². The summed E-state index contributed by atoms with van der Waals surface area (Å²) in [5.74, 6) is -0.745. The summed E-state index contributed by atoms with van der Waals surface area (Å²) < 4.78 is 3.02. The van der Waals surface area contributed by atoms with Crippen LogP contribution in [0.25, 0.3) is 11.2 Å². The predicted octanol–water partition coefficient (Wildman–Crippen LogP) is -2.24. The van der Waals surface area contributed by atoms with Crippen molar-refractivity contribution in [1.82, 2.24) is 18.8 Å². The zero-order valence-corrected chi connectivity index (χ0v) is 9.50. The van der Waals surface area contributed by atoms with Crippen molar-refractivity contribution in [2.45, 2.75) is 6.92 Å². The molecule has 0 unspecified atom stereocenters. The van der Waals surface area contributed by atoms with E-state index in [0.29, 0.717) is 4.73 Å². The predicted molar refractivity (Wildman–Crippen MR) is 64.6 cm³/mol. The fourth-order valence-corrected chi connectivity index (χ4v) is 1.53. The van der Waals surface area contributed by atoms with Crippen molar-refractivity contribution in [2.24, 2.45) is 14.1 Å². The first-order chi connectivity index (χ1) is 7.93. The minimum absolute atomic E-state index is 0. The second-order valence-corrected chi connectivity index (χ2v) is 3.55. The third kappa shape index (κ3) is 2.14. The van der Waals surface area contributed by atoms with Crippen LogP contribution in [0.4, 0.5) is 0 Å². The van der Waals surface area contributed by atoms with Gasteiger partial charge in [-0.05, 0) is 0 Å². The molecule has 0 bridgehead atoms. The summed E-state index contributed by atoms with van der Waals surface area (Å²) in [6, 6.07) is 0. The average Bonchev–Trinajstić information content (AvgIpc) is 2.63. The Morgan fingerprint density at radius 2 is 1.94 bits per heavy atom. The SMILES string of the molecule is CC(=O)On1c(=O)c2c(ncn2C)n(C)c1=O.[NaH]. The normalized spacial score (nSPS) is 10.2. The zero-order chi connectivity index (χ0) is 12.7. The van der Waals surface area contributed by atoms with Gasteiger partial charge in [-0.15, -0.1) is 0 Å². The van der Waals surface area contributed by atoms with E-state index in [1.165, 1.54) is 17.9 Å². The van der Waals surface area contributed by atoms with Gasteiger partial charge in [0, 0.05) is 21.0 Å². The van der Waals surface area contributed by atoms with Gasteiger partial charge in [-0.2, -0.15) is 0 Å². The molecular weight excluding hydrogens is 251 g/mol. The maximum absolute atomic E-state index is 11.9. The quantitative estimate of drug-likeness (QED) is 0.542. The van der Waals surface area contributed by atoms with Gasteiger partial charge in [0.25, 0.3) is 0 Å². The Bertz CT molecular complexity index is 726. The number of imidazole rings is 1. The van der Waals surface area contributed by atoms with E-state index < -0.39 is 17.2 Å². The molecule has 0 spiro atoms. The molecule has 0 aliphatic rings. The summed E-state index contributed by atoms with van der Waals surface area (Å²) in [6.45, 7) is 1.11. The molecule has 2 aromatic heterocycles. The summed E-state index contributed by atoms with van der Waals surface area (Å²) in [5.41, 5.74) is -1.03. The first-order valence-corrected chi connectivity index (χ1v) is 4.75. The van der Waals surface area contributed by atoms with Gasteiger partial charge in [-0.25, -0.2) is 14.6 Å². The monoisotopic (exact) mass is 262 g/mol. The third-order valence-corrected chi connectivity index (χ3v) is 2.30. The molecule has 92 valence electrons. The van der Waals surface area contributed by atoms with E-state index in [0.717, 1.165) is 11.5 Å². The van der Waals surface area contributed by atoms with E-state index in [1.807, 2.05) is 0 Å². The van der Waals surface area contributed by atoms with Crippen molar-refractivity contribution < 1.29 is 9.63 Å². The van der Waals surface area contributed by atoms with Crippen molar-refractivity contribution in [2.75, 3.05) is 0 Å². The Balaban J connectivity index is 0.00000162. The molecule has 0 amide bonds.